The van der Waals surface area contributed by atoms with Gasteiger partial charge >= 0.3 is 0 Å². The summed E-state index contributed by atoms with van der Waals surface area (Å²) in [7, 11) is 0. The number of nitrogens with one attached hydrogen (secondary N) is 2. The molecule has 2 amide bonds. The lowest BCUT2D eigenvalue weighted by atomic mass is 9.94. The summed E-state index contributed by atoms with van der Waals surface area (Å²) in [5, 5.41) is 6.14. The smallest absolute Gasteiger partial charge is 0.251 e. The number of halogens is 3. The Kier molecular flexibility index (Phi) is 8.30. The number of rotatable bonds is 9. The van der Waals surface area contributed by atoms with E-state index < -0.39 is 35.4 Å². The van der Waals surface area contributed by atoms with Gasteiger partial charge in [-0.15, -0.1) is 0 Å². The van der Waals surface area contributed by atoms with E-state index in [9.17, 15) is 22.8 Å². The summed E-state index contributed by atoms with van der Waals surface area (Å²) in [6.45, 7) is 0.451. The maximum absolute atomic E-state index is 14.2. The van der Waals surface area contributed by atoms with E-state index in [1.807, 2.05) is 30.3 Å². The molecule has 1 aliphatic heterocycles. The number of para-hydroxylation sites is 1. The molecule has 0 bridgehead atoms. The number of hydrogen-bond acceptors (Lipinski definition) is 5. The molecule has 41 heavy (non-hydrogen) atoms. The number of pyridine rings is 1. The minimum atomic E-state index is -0.936. The van der Waals surface area contributed by atoms with Gasteiger partial charge in [-0.2, -0.15) is 0 Å². The first kappa shape index (κ1) is 27.9. The molecule has 7 nitrogen and oxygen atoms in total. The molecule has 0 aliphatic carbocycles. The first-order valence-electron chi connectivity index (χ1n) is 13.0. The van der Waals surface area contributed by atoms with Crippen LogP contribution >= 0.6 is 0 Å². The van der Waals surface area contributed by atoms with E-state index in [0.717, 1.165) is 12.1 Å². The van der Waals surface area contributed by atoms with Crippen molar-refractivity contribution in [2.24, 2.45) is 5.73 Å². The molecule has 1 fully saturated rings. The fourth-order valence-corrected chi connectivity index (χ4v) is 4.96. The molecule has 3 atom stereocenters. The number of benzene rings is 3. The molecule has 3 aromatic carbocycles. The van der Waals surface area contributed by atoms with Gasteiger partial charge in [-0.3, -0.25) is 14.6 Å². The molecule has 0 radical (unpaired) electrons. The monoisotopic (exact) mass is 560 g/mol. The summed E-state index contributed by atoms with van der Waals surface area (Å²) in [6, 6.07) is 18.2. The van der Waals surface area contributed by atoms with Gasteiger partial charge in [-0.05, 0) is 60.0 Å². The van der Waals surface area contributed by atoms with Crippen LogP contribution in [-0.2, 0) is 11.2 Å². The minimum absolute atomic E-state index is 0.00493. The number of nitrogens with zero attached hydrogens (tertiary/aromatic N) is 1. The third kappa shape index (κ3) is 6.72. The van der Waals surface area contributed by atoms with Crippen LogP contribution in [0.4, 0.5) is 13.2 Å². The molecule has 2 unspecified atom stereocenters. The van der Waals surface area contributed by atoms with Crippen molar-refractivity contribution in [3.05, 3.63) is 119 Å². The van der Waals surface area contributed by atoms with Crippen molar-refractivity contribution < 1.29 is 27.5 Å². The van der Waals surface area contributed by atoms with Crippen LogP contribution in [-0.4, -0.2) is 35.5 Å². The standard InChI is InChI=1S/C31H27F3N4O3/c32-20-11-18(12-21(33)15-20)13-27(38-31(40)28-16-23(17-37-28)41-22-5-2-1-3-6-22)29-24(7-4-10-36-29)19-8-9-26(34)25(14-19)30(35)39/h1-12,14-15,23,27-28,37H,13,16-17H2,(H2,35,39)(H,38,40)/t23?,27-,28?/m0/s1. The van der Waals surface area contributed by atoms with Gasteiger partial charge < -0.3 is 21.1 Å². The third-order valence-electron chi connectivity index (χ3n) is 6.84. The maximum atomic E-state index is 14.2. The Morgan fingerprint density at radius 1 is 1.00 bits per heavy atom. The van der Waals surface area contributed by atoms with Gasteiger partial charge in [0.15, 0.2) is 0 Å². The van der Waals surface area contributed by atoms with Crippen molar-refractivity contribution in [3.8, 4) is 16.9 Å². The predicted octanol–water partition coefficient (Wildman–Crippen LogP) is 4.47. The number of hydrogen-bond donors (Lipinski definition) is 3. The highest BCUT2D eigenvalue weighted by Gasteiger charge is 2.33. The van der Waals surface area contributed by atoms with Crippen LogP contribution in [0.15, 0.2) is 85.1 Å². The van der Waals surface area contributed by atoms with E-state index in [2.05, 4.69) is 15.6 Å². The first-order chi connectivity index (χ1) is 19.8. The quantitative estimate of drug-likeness (QED) is 0.280. The van der Waals surface area contributed by atoms with Crippen LogP contribution in [0.3, 0.4) is 0 Å². The van der Waals surface area contributed by atoms with Crippen LogP contribution in [0.25, 0.3) is 11.1 Å². The summed E-state index contributed by atoms with van der Waals surface area (Å²) in [6.07, 6.45) is 1.68. The van der Waals surface area contributed by atoms with Gasteiger partial charge in [0.25, 0.3) is 5.91 Å². The normalized spacial score (nSPS) is 17.1. The Labute approximate surface area is 234 Å². The summed E-state index contributed by atoms with van der Waals surface area (Å²) >= 11 is 0. The summed E-state index contributed by atoms with van der Waals surface area (Å²) in [5.41, 5.74) is 6.63. The SMILES string of the molecule is NC(=O)c1cc(-c2cccnc2[C@H](Cc2cc(F)cc(F)c2)NC(=O)C2CC(Oc3ccccc3)CN2)ccc1F. The molecule has 5 rings (SSSR count). The number of carbonyl (C=O) groups is 2. The zero-order valence-corrected chi connectivity index (χ0v) is 21.8. The molecule has 210 valence electrons. The molecule has 4 N–H and O–H groups in total. The van der Waals surface area contributed by atoms with Crippen LogP contribution in [0, 0.1) is 17.5 Å². The summed E-state index contributed by atoms with van der Waals surface area (Å²) in [4.78, 5) is 29.7. The average molecular weight is 561 g/mol. The van der Waals surface area contributed by atoms with Crippen LogP contribution in [0.2, 0.25) is 0 Å². The average Bonchev–Trinajstić information content (AvgIpc) is 3.41. The second kappa shape index (κ2) is 12.2. The Bertz CT molecular complexity index is 1550. The fraction of sp³-hybridized carbons (Fsp3) is 0.194. The molecule has 0 saturated carbocycles. The molecule has 1 saturated heterocycles. The minimum Gasteiger partial charge on any atom is -0.489 e. The molecule has 1 aromatic heterocycles. The molecule has 1 aliphatic rings. The van der Waals surface area contributed by atoms with Gasteiger partial charge in [0.05, 0.1) is 23.3 Å². The lowest BCUT2D eigenvalue weighted by Gasteiger charge is -2.23. The highest BCUT2D eigenvalue weighted by Crippen LogP contribution is 2.31. The molecule has 0 spiro atoms. The van der Waals surface area contributed by atoms with Crippen molar-refractivity contribution in [2.45, 2.75) is 31.0 Å². The predicted molar refractivity (Wildman–Crippen MR) is 146 cm³/mol. The highest BCUT2D eigenvalue weighted by molar-refractivity contribution is 5.94. The maximum Gasteiger partial charge on any atom is 0.251 e. The van der Waals surface area contributed by atoms with E-state index in [1.165, 1.54) is 30.5 Å². The Morgan fingerprint density at radius 2 is 1.76 bits per heavy atom. The number of nitrogens with two attached hydrogens (primary N) is 1. The van der Waals surface area contributed by atoms with Crippen molar-refractivity contribution in [2.75, 3.05) is 6.54 Å². The number of ether oxygens (including phenoxy) is 1. The second-order valence-electron chi connectivity index (χ2n) is 9.79. The number of carbonyl (C=O) groups excluding carboxylic acids is 2. The van der Waals surface area contributed by atoms with Gasteiger partial charge in [-0.25, -0.2) is 13.2 Å². The largest absolute Gasteiger partial charge is 0.489 e. The van der Waals surface area contributed by atoms with Crippen LogP contribution < -0.4 is 21.1 Å². The molecular formula is C31H27F3N4O3. The van der Waals surface area contributed by atoms with Crippen molar-refractivity contribution in [1.29, 1.82) is 0 Å². The third-order valence-corrected chi connectivity index (χ3v) is 6.84. The summed E-state index contributed by atoms with van der Waals surface area (Å²) in [5.74, 6) is -2.87. The van der Waals surface area contributed by atoms with Crippen molar-refractivity contribution in [1.82, 2.24) is 15.6 Å². The van der Waals surface area contributed by atoms with Gasteiger partial charge in [0.1, 0.15) is 29.3 Å². The van der Waals surface area contributed by atoms with Gasteiger partial charge in [-0.1, -0.05) is 30.3 Å². The van der Waals surface area contributed by atoms with Gasteiger partial charge in [0, 0.05) is 30.8 Å². The topological polar surface area (TPSA) is 106 Å². The zero-order valence-electron chi connectivity index (χ0n) is 21.8. The van der Waals surface area contributed by atoms with E-state index in [1.54, 1.807) is 12.1 Å². The number of aromatic nitrogens is 1. The Morgan fingerprint density at radius 3 is 2.49 bits per heavy atom. The number of amides is 2. The molecular weight excluding hydrogens is 533 g/mol. The highest BCUT2D eigenvalue weighted by atomic mass is 19.1. The fourth-order valence-electron chi connectivity index (χ4n) is 4.96. The van der Waals surface area contributed by atoms with Crippen LogP contribution in [0.1, 0.15) is 34.1 Å². The van der Waals surface area contributed by atoms with E-state index in [-0.39, 0.29) is 24.0 Å². The molecule has 10 heteroatoms. The van der Waals surface area contributed by atoms with Crippen LogP contribution in [0.5, 0.6) is 5.75 Å². The molecule has 4 aromatic rings. The van der Waals surface area contributed by atoms with Crippen molar-refractivity contribution in [3.63, 3.8) is 0 Å². The summed E-state index contributed by atoms with van der Waals surface area (Å²) < 4.78 is 48.3. The lowest BCUT2D eigenvalue weighted by Crippen LogP contribution is -2.43. The number of primary amides is 1. The van der Waals surface area contributed by atoms with Gasteiger partial charge in [0.2, 0.25) is 5.91 Å². The Balaban J connectivity index is 1.44. The zero-order chi connectivity index (χ0) is 28.9. The second-order valence-corrected chi connectivity index (χ2v) is 9.79. The van der Waals surface area contributed by atoms with Crippen molar-refractivity contribution >= 4 is 11.8 Å². The van der Waals surface area contributed by atoms with E-state index >= 15 is 0 Å². The Hall–Kier alpha value is -4.70. The molecule has 2 heterocycles. The van der Waals surface area contributed by atoms with E-state index in [4.69, 9.17) is 10.5 Å². The first-order valence-corrected chi connectivity index (χ1v) is 13.0. The van der Waals surface area contributed by atoms with E-state index in [0.29, 0.717) is 41.1 Å². The lowest BCUT2D eigenvalue weighted by molar-refractivity contribution is -0.123.